The number of fused-ring (bicyclic) bond motifs is 1. The van der Waals surface area contributed by atoms with Crippen molar-refractivity contribution in [2.75, 3.05) is 13.1 Å². The number of likely N-dealkylation sites (tertiary alicyclic amines) is 1. The zero-order valence-corrected chi connectivity index (χ0v) is 12.5. The van der Waals surface area contributed by atoms with Gasteiger partial charge < -0.3 is 5.11 Å². The number of pyridine rings is 1. The number of carboxylic acid groups (broad SMARTS) is 1. The SMILES string of the molecule is CC1CC(C)CN(Cc2cccn3ncc(C(=O)O)c23)C1. The molecule has 0 radical (unpaired) electrons. The predicted molar refractivity (Wildman–Crippen MR) is 80.4 cm³/mol. The molecule has 2 aromatic heterocycles. The van der Waals surface area contributed by atoms with Gasteiger partial charge in [-0.05, 0) is 29.9 Å². The minimum absolute atomic E-state index is 0.281. The van der Waals surface area contributed by atoms with Crippen molar-refractivity contribution < 1.29 is 9.90 Å². The van der Waals surface area contributed by atoms with Gasteiger partial charge in [0.05, 0.1) is 11.7 Å². The number of hydrogen-bond acceptors (Lipinski definition) is 3. The molecule has 3 heterocycles. The number of carboxylic acids is 1. The van der Waals surface area contributed by atoms with Gasteiger partial charge in [0.15, 0.2) is 0 Å². The number of carbonyl (C=O) groups is 1. The third kappa shape index (κ3) is 2.78. The van der Waals surface area contributed by atoms with Gasteiger partial charge in [0.25, 0.3) is 0 Å². The van der Waals surface area contributed by atoms with Crippen molar-refractivity contribution in [3.8, 4) is 0 Å². The molecule has 0 amide bonds. The molecule has 0 bridgehead atoms. The summed E-state index contributed by atoms with van der Waals surface area (Å²) < 4.78 is 1.66. The van der Waals surface area contributed by atoms with Crippen LogP contribution in [0.1, 0.15) is 36.2 Å². The van der Waals surface area contributed by atoms with Crippen LogP contribution in [0.25, 0.3) is 5.52 Å². The number of nitrogens with zero attached hydrogens (tertiary/aromatic N) is 3. The minimum Gasteiger partial charge on any atom is -0.478 e. The highest BCUT2D eigenvalue weighted by Crippen LogP contribution is 2.24. The summed E-state index contributed by atoms with van der Waals surface area (Å²) >= 11 is 0. The van der Waals surface area contributed by atoms with Gasteiger partial charge in [-0.2, -0.15) is 5.10 Å². The average molecular weight is 287 g/mol. The second-order valence-electron chi connectivity index (χ2n) is 6.33. The molecule has 1 saturated heterocycles. The summed E-state index contributed by atoms with van der Waals surface area (Å²) in [6.45, 7) is 7.49. The van der Waals surface area contributed by atoms with Gasteiger partial charge in [0.1, 0.15) is 5.56 Å². The molecule has 5 nitrogen and oxygen atoms in total. The average Bonchev–Trinajstić information content (AvgIpc) is 2.82. The fourth-order valence-corrected chi connectivity index (χ4v) is 3.56. The number of aromatic nitrogens is 2. The first-order valence-corrected chi connectivity index (χ1v) is 7.45. The van der Waals surface area contributed by atoms with Crippen LogP contribution in [0.5, 0.6) is 0 Å². The Kier molecular flexibility index (Phi) is 3.68. The molecule has 5 heteroatoms. The zero-order chi connectivity index (χ0) is 15.0. The molecule has 2 aromatic rings. The molecule has 1 aliphatic rings. The molecular weight excluding hydrogens is 266 g/mol. The first-order valence-electron chi connectivity index (χ1n) is 7.45. The second-order valence-corrected chi connectivity index (χ2v) is 6.33. The lowest BCUT2D eigenvalue weighted by molar-refractivity contribution is 0.0698. The molecule has 1 fully saturated rings. The Hall–Kier alpha value is -1.88. The van der Waals surface area contributed by atoms with E-state index in [0.29, 0.717) is 11.8 Å². The summed E-state index contributed by atoms with van der Waals surface area (Å²) in [7, 11) is 0. The molecule has 0 spiro atoms. The lowest BCUT2D eigenvalue weighted by atomic mass is 9.91. The molecule has 1 N–H and O–H groups in total. The van der Waals surface area contributed by atoms with Gasteiger partial charge in [-0.25, -0.2) is 9.31 Å². The van der Waals surface area contributed by atoms with E-state index in [4.69, 9.17) is 0 Å². The van der Waals surface area contributed by atoms with Crippen molar-refractivity contribution in [2.24, 2.45) is 11.8 Å². The second kappa shape index (κ2) is 5.48. The van der Waals surface area contributed by atoms with Gasteiger partial charge in [-0.15, -0.1) is 0 Å². The maximum absolute atomic E-state index is 11.4. The van der Waals surface area contributed by atoms with Gasteiger partial charge >= 0.3 is 5.97 Å². The number of aromatic carboxylic acids is 1. The van der Waals surface area contributed by atoms with Gasteiger partial charge in [0, 0.05) is 25.8 Å². The summed E-state index contributed by atoms with van der Waals surface area (Å²) in [5.74, 6) is 0.465. The van der Waals surface area contributed by atoms with Crippen LogP contribution in [0, 0.1) is 11.8 Å². The van der Waals surface area contributed by atoms with E-state index in [1.807, 2.05) is 12.1 Å². The highest BCUT2D eigenvalue weighted by atomic mass is 16.4. The van der Waals surface area contributed by atoms with Crippen molar-refractivity contribution in [1.82, 2.24) is 14.5 Å². The Bertz CT molecular complexity index is 655. The molecule has 1 aliphatic heterocycles. The topological polar surface area (TPSA) is 57.8 Å². The van der Waals surface area contributed by atoms with E-state index in [2.05, 4.69) is 23.8 Å². The molecule has 21 heavy (non-hydrogen) atoms. The van der Waals surface area contributed by atoms with E-state index < -0.39 is 5.97 Å². The van der Waals surface area contributed by atoms with Crippen molar-refractivity contribution in [2.45, 2.75) is 26.8 Å². The van der Waals surface area contributed by atoms with E-state index in [0.717, 1.165) is 30.7 Å². The van der Waals surface area contributed by atoms with Crippen LogP contribution in [-0.4, -0.2) is 38.7 Å². The molecule has 0 aromatic carbocycles. The van der Waals surface area contributed by atoms with Gasteiger partial charge in [0.2, 0.25) is 0 Å². The fourth-order valence-electron chi connectivity index (χ4n) is 3.56. The largest absolute Gasteiger partial charge is 0.478 e. The predicted octanol–water partition coefficient (Wildman–Crippen LogP) is 2.51. The molecule has 0 aliphatic carbocycles. The Morgan fingerprint density at radius 3 is 2.76 bits per heavy atom. The lowest BCUT2D eigenvalue weighted by Crippen LogP contribution is -2.38. The lowest BCUT2D eigenvalue weighted by Gasteiger charge is -2.35. The molecule has 0 saturated carbocycles. The van der Waals surface area contributed by atoms with Gasteiger partial charge in [-0.1, -0.05) is 19.9 Å². The van der Waals surface area contributed by atoms with E-state index in [1.165, 1.54) is 12.6 Å². The highest BCUT2D eigenvalue weighted by Gasteiger charge is 2.23. The van der Waals surface area contributed by atoms with E-state index in [-0.39, 0.29) is 5.56 Å². The first kappa shape index (κ1) is 14.1. The molecule has 2 unspecified atom stereocenters. The van der Waals surface area contributed by atoms with Crippen LogP contribution in [-0.2, 0) is 6.54 Å². The maximum Gasteiger partial charge on any atom is 0.339 e. The van der Waals surface area contributed by atoms with Crippen molar-refractivity contribution >= 4 is 11.5 Å². The highest BCUT2D eigenvalue weighted by molar-refractivity contribution is 5.96. The van der Waals surface area contributed by atoms with Crippen LogP contribution in [0.15, 0.2) is 24.5 Å². The van der Waals surface area contributed by atoms with Crippen molar-refractivity contribution in [3.05, 3.63) is 35.7 Å². The van der Waals surface area contributed by atoms with Crippen molar-refractivity contribution in [3.63, 3.8) is 0 Å². The maximum atomic E-state index is 11.4. The number of rotatable bonds is 3. The number of piperidine rings is 1. The van der Waals surface area contributed by atoms with Crippen molar-refractivity contribution in [1.29, 1.82) is 0 Å². The summed E-state index contributed by atoms with van der Waals surface area (Å²) in [6.07, 6.45) is 4.50. The monoisotopic (exact) mass is 287 g/mol. The fraction of sp³-hybridized carbons (Fsp3) is 0.500. The Labute approximate surface area is 124 Å². The summed E-state index contributed by atoms with van der Waals surface area (Å²) in [5.41, 5.74) is 2.04. The molecule has 2 atom stereocenters. The van der Waals surface area contributed by atoms with Crippen LogP contribution < -0.4 is 0 Å². The molecule has 112 valence electrons. The summed E-state index contributed by atoms with van der Waals surface area (Å²) in [5, 5.41) is 13.5. The molecule has 3 rings (SSSR count). The first-order chi connectivity index (χ1) is 10.0. The standard InChI is InChI=1S/C16H21N3O2/c1-11-6-12(2)9-18(8-11)10-13-4-3-5-19-15(13)14(7-17-19)16(20)21/h3-5,7,11-12H,6,8-10H2,1-2H3,(H,20,21). The Balaban J connectivity index is 1.93. The number of hydrogen-bond donors (Lipinski definition) is 1. The van der Waals surface area contributed by atoms with Crippen LogP contribution in [0.4, 0.5) is 0 Å². The third-order valence-corrected chi connectivity index (χ3v) is 4.19. The van der Waals surface area contributed by atoms with E-state index in [1.54, 1.807) is 10.7 Å². The van der Waals surface area contributed by atoms with E-state index >= 15 is 0 Å². The smallest absolute Gasteiger partial charge is 0.339 e. The Morgan fingerprint density at radius 2 is 2.10 bits per heavy atom. The third-order valence-electron chi connectivity index (χ3n) is 4.19. The van der Waals surface area contributed by atoms with Crippen LogP contribution >= 0.6 is 0 Å². The zero-order valence-electron chi connectivity index (χ0n) is 12.5. The summed E-state index contributed by atoms with van der Waals surface area (Å²) in [6, 6.07) is 3.94. The Morgan fingerprint density at radius 1 is 1.38 bits per heavy atom. The molecular formula is C16H21N3O2. The minimum atomic E-state index is -0.919. The van der Waals surface area contributed by atoms with Crippen LogP contribution in [0.3, 0.4) is 0 Å². The van der Waals surface area contributed by atoms with E-state index in [9.17, 15) is 9.90 Å². The van der Waals surface area contributed by atoms with Crippen LogP contribution in [0.2, 0.25) is 0 Å². The quantitative estimate of drug-likeness (QED) is 0.942. The summed E-state index contributed by atoms with van der Waals surface area (Å²) in [4.78, 5) is 13.8. The normalized spacial score (nSPS) is 23.5. The van der Waals surface area contributed by atoms with Gasteiger partial charge in [-0.3, -0.25) is 4.90 Å².